The van der Waals surface area contributed by atoms with Gasteiger partial charge in [-0.05, 0) is 30.7 Å². The van der Waals surface area contributed by atoms with Gasteiger partial charge in [0.15, 0.2) is 0 Å². The Balaban J connectivity index is 2.10. The molecule has 3 N–H and O–H groups in total. The summed E-state index contributed by atoms with van der Waals surface area (Å²) in [6, 6.07) is 7.74. The van der Waals surface area contributed by atoms with E-state index in [4.69, 9.17) is 5.11 Å². The van der Waals surface area contributed by atoms with Crippen LogP contribution in [0.15, 0.2) is 24.3 Å². The lowest BCUT2D eigenvalue weighted by Crippen LogP contribution is -2.29. The summed E-state index contributed by atoms with van der Waals surface area (Å²) in [5.74, 6) is 1.90. The van der Waals surface area contributed by atoms with Crippen molar-refractivity contribution in [3.8, 4) is 0 Å². The third kappa shape index (κ3) is 7.20. The predicted octanol–water partition coefficient (Wildman–Crippen LogP) is 1.64. The van der Waals surface area contributed by atoms with Gasteiger partial charge >= 0.3 is 0 Å². The Hall–Kier alpha value is -1.04. The minimum Gasteiger partial charge on any atom is -0.396 e. The predicted molar refractivity (Wildman–Crippen MR) is 81.7 cm³/mol. The fraction of sp³-hybridized carbons (Fsp3) is 0.500. The number of aliphatic hydroxyl groups excluding tert-OH is 1. The first-order chi connectivity index (χ1) is 9.24. The number of thioether (sulfide) groups is 1. The molecule has 0 spiro atoms. The minimum absolute atomic E-state index is 0.0188. The van der Waals surface area contributed by atoms with Crippen LogP contribution in [0.1, 0.15) is 12.0 Å². The van der Waals surface area contributed by atoms with E-state index in [1.165, 1.54) is 0 Å². The first kappa shape index (κ1) is 16.0. The molecule has 1 rings (SSSR count). The average molecular weight is 282 g/mol. The Morgan fingerprint density at radius 1 is 1.32 bits per heavy atom. The second-order valence-electron chi connectivity index (χ2n) is 4.23. The van der Waals surface area contributed by atoms with E-state index in [2.05, 4.69) is 10.6 Å². The summed E-state index contributed by atoms with van der Waals surface area (Å²) in [7, 11) is 0. The normalized spacial score (nSPS) is 10.4. The molecule has 0 bridgehead atoms. The van der Waals surface area contributed by atoms with Crippen molar-refractivity contribution in [3.05, 3.63) is 29.8 Å². The molecule has 0 aliphatic rings. The molecule has 0 saturated heterocycles. The fourth-order valence-electron chi connectivity index (χ4n) is 1.52. The molecule has 106 valence electrons. The van der Waals surface area contributed by atoms with Gasteiger partial charge in [-0.3, -0.25) is 4.79 Å². The van der Waals surface area contributed by atoms with Gasteiger partial charge in [0.05, 0.1) is 6.54 Å². The number of carbonyl (C=O) groups excluding carboxylic acids is 1. The maximum Gasteiger partial charge on any atom is 0.238 e. The maximum atomic E-state index is 11.7. The van der Waals surface area contributed by atoms with E-state index >= 15 is 0 Å². The highest BCUT2D eigenvalue weighted by molar-refractivity contribution is 7.99. The van der Waals surface area contributed by atoms with Gasteiger partial charge in [0.1, 0.15) is 0 Å². The molecule has 1 aromatic rings. The largest absolute Gasteiger partial charge is 0.396 e. The number of anilines is 1. The van der Waals surface area contributed by atoms with E-state index in [0.717, 1.165) is 35.7 Å². The highest BCUT2D eigenvalue weighted by atomic mass is 32.2. The van der Waals surface area contributed by atoms with Gasteiger partial charge in [-0.1, -0.05) is 18.2 Å². The van der Waals surface area contributed by atoms with Crippen molar-refractivity contribution in [2.45, 2.75) is 13.3 Å². The number of hydrogen-bond donors (Lipinski definition) is 3. The van der Waals surface area contributed by atoms with Crippen LogP contribution in [0.25, 0.3) is 0 Å². The SMILES string of the molecule is Cc1ccccc1NC(=O)CNCCSCCCO. The molecule has 19 heavy (non-hydrogen) atoms. The van der Waals surface area contributed by atoms with E-state index in [1.54, 1.807) is 11.8 Å². The van der Waals surface area contributed by atoms with Crippen LogP contribution in [0, 0.1) is 6.92 Å². The zero-order valence-corrected chi connectivity index (χ0v) is 12.1. The van der Waals surface area contributed by atoms with Gasteiger partial charge < -0.3 is 15.7 Å². The van der Waals surface area contributed by atoms with Crippen molar-refractivity contribution >= 4 is 23.4 Å². The molecule has 0 aliphatic heterocycles. The number of benzene rings is 1. The van der Waals surface area contributed by atoms with Crippen LogP contribution >= 0.6 is 11.8 Å². The van der Waals surface area contributed by atoms with Gasteiger partial charge in [-0.15, -0.1) is 0 Å². The number of aryl methyl sites for hydroxylation is 1. The quantitative estimate of drug-likeness (QED) is 0.603. The minimum atomic E-state index is -0.0188. The lowest BCUT2D eigenvalue weighted by Gasteiger charge is -2.08. The number of nitrogens with one attached hydrogen (secondary N) is 2. The zero-order chi connectivity index (χ0) is 13.9. The number of rotatable bonds is 9. The van der Waals surface area contributed by atoms with Crippen LogP contribution in [-0.2, 0) is 4.79 Å². The fourth-order valence-corrected chi connectivity index (χ4v) is 2.35. The highest BCUT2D eigenvalue weighted by Crippen LogP contribution is 2.12. The smallest absolute Gasteiger partial charge is 0.238 e. The van der Waals surface area contributed by atoms with E-state index in [1.807, 2.05) is 31.2 Å². The number of amides is 1. The molecule has 0 fully saturated rings. The van der Waals surface area contributed by atoms with Crippen molar-refractivity contribution in [1.29, 1.82) is 0 Å². The van der Waals surface area contributed by atoms with E-state index in [0.29, 0.717) is 6.54 Å². The summed E-state index contributed by atoms with van der Waals surface area (Å²) in [5.41, 5.74) is 1.93. The molecule has 1 amide bonds. The van der Waals surface area contributed by atoms with Crippen molar-refractivity contribution in [2.75, 3.05) is 36.5 Å². The summed E-state index contributed by atoms with van der Waals surface area (Å²) in [6.45, 7) is 3.35. The van der Waals surface area contributed by atoms with E-state index in [9.17, 15) is 4.79 Å². The van der Waals surface area contributed by atoms with Gasteiger partial charge in [0.25, 0.3) is 0 Å². The van der Waals surface area contributed by atoms with Gasteiger partial charge in [-0.25, -0.2) is 0 Å². The number of hydrogen-bond acceptors (Lipinski definition) is 4. The van der Waals surface area contributed by atoms with Crippen LogP contribution in [0.4, 0.5) is 5.69 Å². The molecule has 0 unspecified atom stereocenters. The van der Waals surface area contributed by atoms with Gasteiger partial charge in [0.2, 0.25) is 5.91 Å². The van der Waals surface area contributed by atoms with Crippen molar-refractivity contribution < 1.29 is 9.90 Å². The second kappa shape index (κ2) is 9.83. The molecule has 0 heterocycles. The third-order valence-electron chi connectivity index (χ3n) is 2.57. The Morgan fingerprint density at radius 2 is 2.11 bits per heavy atom. The Morgan fingerprint density at radius 3 is 2.84 bits per heavy atom. The summed E-state index contributed by atoms with van der Waals surface area (Å²) < 4.78 is 0. The number of para-hydroxylation sites is 1. The van der Waals surface area contributed by atoms with E-state index in [-0.39, 0.29) is 12.5 Å². The molecule has 0 aromatic heterocycles. The molecule has 0 atom stereocenters. The van der Waals surface area contributed by atoms with E-state index < -0.39 is 0 Å². The van der Waals surface area contributed by atoms with Crippen LogP contribution in [0.3, 0.4) is 0 Å². The lowest BCUT2D eigenvalue weighted by atomic mass is 10.2. The topological polar surface area (TPSA) is 61.4 Å². The summed E-state index contributed by atoms with van der Waals surface area (Å²) in [4.78, 5) is 11.7. The van der Waals surface area contributed by atoms with Crippen LogP contribution in [0.5, 0.6) is 0 Å². The monoisotopic (exact) mass is 282 g/mol. The standard InChI is InChI=1S/C14H22N2O2S/c1-12-5-2-3-6-13(12)16-14(18)11-15-7-10-19-9-4-8-17/h2-3,5-6,15,17H,4,7-11H2,1H3,(H,16,18). The second-order valence-corrected chi connectivity index (χ2v) is 5.45. The summed E-state index contributed by atoms with van der Waals surface area (Å²) in [6.07, 6.45) is 0.832. The van der Waals surface area contributed by atoms with Gasteiger partial charge in [0, 0.05) is 24.6 Å². The van der Waals surface area contributed by atoms with Crippen molar-refractivity contribution in [1.82, 2.24) is 5.32 Å². The van der Waals surface area contributed by atoms with Gasteiger partial charge in [-0.2, -0.15) is 11.8 Å². The average Bonchev–Trinajstić information content (AvgIpc) is 2.40. The Labute approximate surface area is 119 Å². The molecule has 5 heteroatoms. The number of carbonyl (C=O) groups is 1. The third-order valence-corrected chi connectivity index (χ3v) is 3.64. The lowest BCUT2D eigenvalue weighted by molar-refractivity contribution is -0.115. The molecule has 0 radical (unpaired) electrons. The van der Waals surface area contributed by atoms with Crippen LogP contribution in [-0.4, -0.2) is 42.2 Å². The molecule has 4 nitrogen and oxygen atoms in total. The number of aliphatic hydroxyl groups is 1. The summed E-state index contributed by atoms with van der Waals surface area (Å²) in [5, 5.41) is 14.6. The molecule has 1 aromatic carbocycles. The Bertz CT molecular complexity index is 385. The molecular formula is C14H22N2O2S. The summed E-state index contributed by atoms with van der Waals surface area (Å²) >= 11 is 1.78. The van der Waals surface area contributed by atoms with Crippen molar-refractivity contribution in [3.63, 3.8) is 0 Å². The first-order valence-corrected chi connectivity index (χ1v) is 7.64. The molecule has 0 aliphatic carbocycles. The van der Waals surface area contributed by atoms with Crippen molar-refractivity contribution in [2.24, 2.45) is 0 Å². The van der Waals surface area contributed by atoms with Crippen LogP contribution < -0.4 is 10.6 Å². The molecule has 0 saturated carbocycles. The van der Waals surface area contributed by atoms with Crippen LogP contribution in [0.2, 0.25) is 0 Å². The Kier molecular flexibility index (Phi) is 8.29. The maximum absolute atomic E-state index is 11.7. The highest BCUT2D eigenvalue weighted by Gasteiger charge is 2.03. The molecular weight excluding hydrogens is 260 g/mol. The zero-order valence-electron chi connectivity index (χ0n) is 11.3. The first-order valence-electron chi connectivity index (χ1n) is 6.49.